The Hall–Kier alpha value is -11.1. The molecule has 0 fully saturated rings. The number of ether oxygens (including phenoxy) is 3. The molecule has 564 valence electrons. The maximum Gasteiger partial charge on any atom is 0.256 e. The molecule has 0 aliphatic carbocycles. The highest BCUT2D eigenvalue weighted by Gasteiger charge is 2.48. The van der Waals surface area contributed by atoms with Gasteiger partial charge in [-0.15, -0.1) is 0 Å². The molecule has 0 amide bonds. The number of hydrogen-bond donors (Lipinski definition) is 0. The first kappa shape index (κ1) is 73.1. The van der Waals surface area contributed by atoms with E-state index in [1.807, 2.05) is 0 Å². The van der Waals surface area contributed by atoms with Crippen molar-refractivity contribution in [2.75, 3.05) is 14.7 Å². The van der Waals surface area contributed by atoms with Gasteiger partial charge in [0.15, 0.2) is 0 Å². The molecule has 114 heavy (non-hydrogen) atoms. The predicted octanol–water partition coefficient (Wildman–Crippen LogP) is 22.6. The maximum atomic E-state index is 7.23. The highest BCUT2D eigenvalue weighted by molar-refractivity contribution is 7.01. The van der Waals surface area contributed by atoms with E-state index < -0.39 is 0 Å². The summed E-state index contributed by atoms with van der Waals surface area (Å²) in [6, 6.07) is 92.1. The second kappa shape index (κ2) is 25.4. The normalized spacial score (nSPS) is 14.3. The Morgan fingerprint density at radius 1 is 0.202 bits per heavy atom. The van der Waals surface area contributed by atoms with Gasteiger partial charge < -0.3 is 28.9 Å². The van der Waals surface area contributed by atoms with E-state index in [1.165, 1.54) is 99.2 Å². The standard InChI is InChI=1S/C105H102B3N3O3/c1-61-22-43-91-82(46-61)106-79-52-64(25-40-85(79)109(76-34-28-70(29-35-76)100(4,5)6)88-55-73(103(13,14)15)58-94(112-91)97(88)106)67-49-68(65-26-41-86-80(53-65)107-83-47-62(2)23-44-92(83)113-95-59-74(104(16,17)18)56-89(98(95)107)110(86)77-36-30-71(31-37-77)101(7,8)9)51-69(50-67)66-27-42-87-81(54-66)108-84-48-63(3)24-45-93(84)114-96-60-75(105(19,20)21)57-90(99(96)108)111(87)78-38-32-72(33-39-78)102(10,11)12/h22-60H,1-21H3. The Morgan fingerprint density at radius 3 is 0.684 bits per heavy atom. The Labute approximate surface area is 677 Å². The summed E-state index contributed by atoms with van der Waals surface area (Å²) in [5.74, 6) is 5.44. The van der Waals surface area contributed by atoms with Crippen molar-refractivity contribution >= 4 is 120 Å². The summed E-state index contributed by atoms with van der Waals surface area (Å²) in [4.78, 5) is 7.58. The number of aryl methyl sites for hydroxylation is 3. The average Bonchev–Trinajstić information content (AvgIpc) is 0.713. The van der Waals surface area contributed by atoms with Gasteiger partial charge in [-0.1, -0.05) is 251 Å². The lowest BCUT2D eigenvalue weighted by Crippen LogP contribution is -2.59. The molecule has 9 heteroatoms. The minimum Gasteiger partial charge on any atom is -0.458 e. The Morgan fingerprint density at radius 2 is 0.447 bits per heavy atom. The van der Waals surface area contributed by atoms with Gasteiger partial charge in [0.1, 0.15) is 34.5 Å². The zero-order valence-electron chi connectivity index (χ0n) is 70.3. The molecular formula is C105H102B3N3O3. The molecule has 0 bridgehead atoms. The van der Waals surface area contributed by atoms with Gasteiger partial charge in [0, 0.05) is 51.2 Å². The van der Waals surface area contributed by atoms with Crippen LogP contribution in [-0.4, -0.2) is 20.1 Å². The SMILES string of the molecule is Cc1ccc2c(c1)B1c3cc(-c4cc(-c5ccc6c(c5)B5c7cc(C)ccc7Oc7cc(C(C)(C)C)cc(c75)N6c5ccc(C(C)(C)C)cc5)cc(-c5ccc6c(c5)B5c7cc(C)ccc7Oc7cc(C(C)(C)C)cc(c75)N6c5ccc(C(C)(C)C)cc5)c4)ccc3N(c3ccc(C(C)(C)C)cc3)c3cc(C(C)(C)C)cc(c31)O2. The Bertz CT molecular complexity index is 5600. The molecule has 0 aromatic heterocycles. The molecule has 0 spiro atoms. The van der Waals surface area contributed by atoms with E-state index in [9.17, 15) is 0 Å². The molecule has 0 radical (unpaired) electrons. The van der Waals surface area contributed by atoms with E-state index in [-0.39, 0.29) is 52.6 Å². The second-order valence-corrected chi connectivity index (χ2v) is 39.7. The topological polar surface area (TPSA) is 37.4 Å². The van der Waals surface area contributed by atoms with Crippen LogP contribution in [0.1, 0.15) is 175 Å². The fourth-order valence-corrected chi connectivity index (χ4v) is 18.8. The summed E-state index contributed by atoms with van der Waals surface area (Å²) in [5, 5.41) is 0. The van der Waals surface area contributed by atoms with Crippen LogP contribution in [0.15, 0.2) is 237 Å². The molecule has 0 unspecified atom stereocenters. The smallest absolute Gasteiger partial charge is 0.256 e. The summed E-state index contributed by atoms with van der Waals surface area (Å²) < 4.78 is 21.7. The summed E-state index contributed by atoms with van der Waals surface area (Å²) in [7, 11) is 0. The third-order valence-electron chi connectivity index (χ3n) is 25.3. The monoisotopic (exact) mass is 1490 g/mol. The Balaban J connectivity index is 0.869. The summed E-state index contributed by atoms with van der Waals surface area (Å²) >= 11 is 0. The van der Waals surface area contributed by atoms with Crippen molar-refractivity contribution in [3.8, 4) is 67.9 Å². The lowest BCUT2D eigenvalue weighted by molar-refractivity contribution is 0.483. The van der Waals surface area contributed by atoms with E-state index in [2.05, 4.69) is 397 Å². The quantitative estimate of drug-likeness (QED) is 0.155. The minimum absolute atomic E-state index is 0.0230. The summed E-state index contributed by atoms with van der Waals surface area (Å²) in [6.45, 7) is 47.8. The van der Waals surface area contributed by atoms with E-state index in [1.54, 1.807) is 0 Å². The molecular weight excluding hydrogens is 1380 g/mol. The van der Waals surface area contributed by atoms with Crippen LogP contribution in [0.25, 0.3) is 33.4 Å². The van der Waals surface area contributed by atoms with Gasteiger partial charge in [-0.3, -0.25) is 0 Å². The number of nitrogens with zero attached hydrogens (tertiary/aromatic N) is 3. The number of rotatable bonds is 6. The van der Waals surface area contributed by atoms with Crippen molar-refractivity contribution < 1.29 is 14.2 Å². The van der Waals surface area contributed by atoms with Gasteiger partial charge in [0.05, 0.1) is 0 Å². The largest absolute Gasteiger partial charge is 0.458 e. The van der Waals surface area contributed by atoms with Crippen LogP contribution in [0.2, 0.25) is 0 Å². The average molecular weight is 1490 g/mol. The van der Waals surface area contributed by atoms with Gasteiger partial charge in [-0.2, -0.15) is 0 Å². The van der Waals surface area contributed by atoms with Crippen molar-refractivity contribution in [3.63, 3.8) is 0 Å². The molecule has 13 aromatic rings. The molecule has 6 aliphatic heterocycles. The van der Waals surface area contributed by atoms with Crippen LogP contribution in [0.5, 0.6) is 34.5 Å². The minimum atomic E-state index is -0.159. The molecule has 0 N–H and O–H groups in total. The molecule has 0 saturated carbocycles. The maximum absolute atomic E-state index is 7.23. The van der Waals surface area contributed by atoms with Crippen molar-refractivity contribution in [2.24, 2.45) is 0 Å². The molecule has 6 heterocycles. The van der Waals surface area contributed by atoms with Crippen LogP contribution < -0.4 is 78.1 Å². The lowest BCUT2D eigenvalue weighted by Gasteiger charge is -2.41. The third-order valence-corrected chi connectivity index (χ3v) is 25.3. The first-order chi connectivity index (χ1) is 54.0. The van der Waals surface area contributed by atoms with E-state index >= 15 is 0 Å². The highest BCUT2D eigenvalue weighted by atomic mass is 16.5. The lowest BCUT2D eigenvalue weighted by atomic mass is 9.34. The van der Waals surface area contributed by atoms with Crippen molar-refractivity contribution in [1.82, 2.24) is 0 Å². The molecule has 13 aromatic carbocycles. The molecule has 6 nitrogen and oxygen atoms in total. The van der Waals surface area contributed by atoms with Crippen LogP contribution in [0.3, 0.4) is 0 Å². The van der Waals surface area contributed by atoms with Crippen LogP contribution in [0, 0.1) is 20.8 Å². The highest BCUT2D eigenvalue weighted by Crippen LogP contribution is 2.50. The van der Waals surface area contributed by atoms with Gasteiger partial charge in [0.2, 0.25) is 0 Å². The number of anilines is 9. The van der Waals surface area contributed by atoms with Gasteiger partial charge in [-0.05, 0) is 297 Å². The van der Waals surface area contributed by atoms with Crippen LogP contribution >= 0.6 is 0 Å². The number of fused-ring (bicyclic) bond motifs is 12. The van der Waals surface area contributed by atoms with E-state index in [4.69, 9.17) is 14.2 Å². The van der Waals surface area contributed by atoms with Gasteiger partial charge in [-0.25, -0.2) is 0 Å². The third kappa shape index (κ3) is 12.1. The fourth-order valence-electron chi connectivity index (χ4n) is 18.8. The Kier molecular flexibility index (Phi) is 16.3. The summed E-state index contributed by atoms with van der Waals surface area (Å²) in [5.41, 5.74) is 38.5. The van der Waals surface area contributed by atoms with Crippen molar-refractivity contribution in [2.45, 2.75) is 178 Å². The van der Waals surface area contributed by atoms with E-state index in [0.717, 1.165) is 119 Å². The number of hydrogen-bond acceptors (Lipinski definition) is 6. The number of benzene rings is 13. The molecule has 19 rings (SSSR count). The van der Waals surface area contributed by atoms with E-state index in [0.29, 0.717) is 0 Å². The van der Waals surface area contributed by atoms with Gasteiger partial charge >= 0.3 is 0 Å². The van der Waals surface area contributed by atoms with Crippen molar-refractivity contribution in [1.29, 1.82) is 0 Å². The van der Waals surface area contributed by atoms with Gasteiger partial charge in [0.25, 0.3) is 20.1 Å². The first-order valence-corrected chi connectivity index (χ1v) is 41.2. The molecule has 6 aliphatic rings. The fraction of sp³-hybridized carbons (Fsp3) is 0.257. The summed E-state index contributed by atoms with van der Waals surface area (Å²) in [6.07, 6.45) is 0. The first-order valence-electron chi connectivity index (χ1n) is 41.2. The zero-order valence-corrected chi connectivity index (χ0v) is 70.3. The zero-order chi connectivity index (χ0) is 79.7. The second-order valence-electron chi connectivity index (χ2n) is 39.7. The van der Waals surface area contributed by atoms with Crippen molar-refractivity contribution in [3.05, 3.63) is 287 Å². The predicted molar refractivity (Wildman–Crippen MR) is 487 cm³/mol. The van der Waals surface area contributed by atoms with Crippen LogP contribution in [0.4, 0.5) is 51.2 Å². The van der Waals surface area contributed by atoms with Crippen LogP contribution in [-0.2, 0) is 32.5 Å². The molecule has 0 saturated heterocycles. The molecule has 0 atom stereocenters.